The van der Waals surface area contributed by atoms with Crippen LogP contribution in [-0.2, 0) is 12.4 Å². The van der Waals surface area contributed by atoms with Crippen LogP contribution in [0.15, 0.2) is 0 Å². The van der Waals surface area contributed by atoms with Crippen molar-refractivity contribution in [3.8, 4) is 11.5 Å². The SMILES string of the molecule is Fc1c(F)c(C(F)(F)F)c(F)c(F)c1OC1C(F)C(F)C2[Te]C3C(F)C([Te]C1C2F)C(F)C(F)C3Oc1c(F)c(F)c(C(F)(F)F)c(F)c1F. The van der Waals surface area contributed by atoms with Gasteiger partial charge in [-0.05, 0) is 0 Å². The second-order valence-corrected chi connectivity index (χ2v) is 18.6. The molecule has 280 valence electrons. The van der Waals surface area contributed by atoms with Crippen molar-refractivity contribution in [3.63, 3.8) is 0 Å². The van der Waals surface area contributed by atoms with Gasteiger partial charge < -0.3 is 0 Å². The Hall–Kier alpha value is -1.78. The first-order valence-corrected chi connectivity index (χ1v) is 18.7. The van der Waals surface area contributed by atoms with Gasteiger partial charge in [0.05, 0.1) is 0 Å². The molecule has 12 atom stereocenters. The zero-order chi connectivity index (χ0) is 37.7. The summed E-state index contributed by atoms with van der Waals surface area (Å²) in [7, 11) is 0. The van der Waals surface area contributed by atoms with Gasteiger partial charge in [-0.15, -0.1) is 0 Å². The number of alkyl halides is 12. The first kappa shape index (κ1) is 39.4. The van der Waals surface area contributed by atoms with Crippen molar-refractivity contribution in [1.82, 2.24) is 0 Å². The van der Waals surface area contributed by atoms with Crippen LogP contribution in [-0.4, -0.2) is 91.1 Å². The number of hydrogen-bond donors (Lipinski definition) is 0. The van der Waals surface area contributed by atoms with Gasteiger partial charge in [-0.3, -0.25) is 0 Å². The van der Waals surface area contributed by atoms with Crippen molar-refractivity contribution in [3.05, 3.63) is 57.7 Å². The van der Waals surface area contributed by atoms with E-state index >= 15 is 26.3 Å². The molecule has 4 bridgehead atoms. The van der Waals surface area contributed by atoms with Gasteiger partial charge >= 0.3 is 286 Å². The van der Waals surface area contributed by atoms with Gasteiger partial charge in [0.1, 0.15) is 0 Å². The Labute approximate surface area is 285 Å². The molecule has 12 unspecified atom stereocenters. The van der Waals surface area contributed by atoms with Crippen LogP contribution in [0.5, 0.6) is 11.5 Å². The summed E-state index contributed by atoms with van der Waals surface area (Å²) in [5.74, 6) is -29.0. The second-order valence-electron chi connectivity index (χ2n) is 10.9. The molecule has 24 heteroatoms. The third kappa shape index (κ3) is 6.33. The van der Waals surface area contributed by atoms with Gasteiger partial charge in [0.2, 0.25) is 0 Å². The summed E-state index contributed by atoms with van der Waals surface area (Å²) in [6, 6.07) is 0. The number of ether oxygens (including phenoxy) is 2. The molecule has 5 rings (SSSR count). The maximum atomic E-state index is 15.9. The van der Waals surface area contributed by atoms with Crippen molar-refractivity contribution in [1.29, 1.82) is 0 Å². The molecule has 2 aromatic carbocycles. The van der Waals surface area contributed by atoms with Gasteiger partial charge in [0.25, 0.3) is 0 Å². The molecule has 1 heterocycles. The molecule has 2 aliphatic carbocycles. The Morgan fingerprint density at radius 1 is 0.360 bits per heavy atom. The minimum atomic E-state index is -6.04. The van der Waals surface area contributed by atoms with Gasteiger partial charge in [0, 0.05) is 0 Å². The molecule has 0 amide bonds. The summed E-state index contributed by atoms with van der Waals surface area (Å²) in [5.41, 5.74) is -6.20. The molecule has 1 saturated heterocycles. The van der Waals surface area contributed by atoms with Crippen LogP contribution in [0.3, 0.4) is 0 Å². The quantitative estimate of drug-likeness (QED) is 0.174. The standard InChI is InChI=1S/C26H12F20O2Te2/c27-3-1(25(41,42)43)4(28)8(32)17(7(3)31)47-19-11(35)13(37)21-15(39)23(19)49-22-14(38)12(36)20(24(50-21)16(22)40)48-18-9(33)5(29)2(26(44,45)46)6(30)10(18)34/h11-16,19-24H. The van der Waals surface area contributed by atoms with Crippen molar-refractivity contribution >= 4 is 41.8 Å². The zero-order valence-corrected chi connectivity index (χ0v) is 27.8. The Kier molecular flexibility index (Phi) is 10.7. The Morgan fingerprint density at radius 3 is 0.860 bits per heavy atom. The van der Waals surface area contributed by atoms with Crippen molar-refractivity contribution in [2.75, 3.05) is 0 Å². The van der Waals surface area contributed by atoms with Gasteiger partial charge in [0.15, 0.2) is 0 Å². The van der Waals surface area contributed by atoms with E-state index in [2.05, 4.69) is 9.47 Å². The average molecular weight is 992 g/mol. The topological polar surface area (TPSA) is 18.5 Å². The number of fused-ring (bicyclic) bond motifs is 4. The molecule has 2 nitrogen and oxygen atoms in total. The predicted octanol–water partition coefficient (Wildman–Crippen LogP) is 8.66. The summed E-state index contributed by atoms with van der Waals surface area (Å²) in [6.45, 7) is 0. The molecule has 0 aromatic heterocycles. The molecule has 2 saturated carbocycles. The van der Waals surface area contributed by atoms with E-state index in [0.717, 1.165) is 0 Å². The summed E-state index contributed by atoms with van der Waals surface area (Å²) in [6.07, 6.45) is -36.7. The molecular weight excluding hydrogens is 979 g/mol. The van der Waals surface area contributed by atoms with Crippen molar-refractivity contribution < 1.29 is 97.3 Å². The number of halogens is 20. The second kappa shape index (κ2) is 13.6. The van der Waals surface area contributed by atoms with Gasteiger partial charge in [-0.25, -0.2) is 0 Å². The molecule has 1 aliphatic heterocycles. The normalized spacial score (nSPS) is 34.6. The van der Waals surface area contributed by atoms with E-state index in [1.807, 2.05) is 0 Å². The first-order chi connectivity index (χ1) is 22.9. The molecule has 50 heavy (non-hydrogen) atoms. The van der Waals surface area contributed by atoms with Gasteiger partial charge in [-0.2, -0.15) is 0 Å². The Bertz CT molecular complexity index is 1480. The molecule has 3 aliphatic rings. The van der Waals surface area contributed by atoms with E-state index in [9.17, 15) is 61.5 Å². The van der Waals surface area contributed by atoms with E-state index in [1.165, 1.54) is 0 Å². The van der Waals surface area contributed by atoms with Crippen molar-refractivity contribution in [2.24, 2.45) is 0 Å². The van der Waals surface area contributed by atoms with E-state index in [0.29, 0.717) is 0 Å². The third-order valence-corrected chi connectivity index (χ3v) is 17.5. The Morgan fingerprint density at radius 2 is 0.620 bits per heavy atom. The Balaban J connectivity index is 1.52. The fraction of sp³-hybridized carbons (Fsp3) is 0.538. The summed E-state index contributed by atoms with van der Waals surface area (Å²) < 4.78 is 286. The van der Waals surface area contributed by atoms with Gasteiger partial charge in [-0.1, -0.05) is 0 Å². The van der Waals surface area contributed by atoms with Crippen LogP contribution in [0, 0.1) is 46.5 Å². The number of benzene rings is 2. The first-order valence-electron chi connectivity index (χ1n) is 13.3. The van der Waals surface area contributed by atoms with Crippen LogP contribution in [0.1, 0.15) is 11.1 Å². The van der Waals surface area contributed by atoms with Crippen LogP contribution >= 0.6 is 0 Å². The van der Waals surface area contributed by atoms with E-state index in [4.69, 9.17) is 0 Å². The summed E-state index contributed by atoms with van der Waals surface area (Å²) in [4.78, 5) is 0. The third-order valence-electron chi connectivity index (χ3n) is 7.92. The van der Waals surface area contributed by atoms with E-state index in [-0.39, 0.29) is 0 Å². The maximum absolute atomic E-state index is 15.9. The van der Waals surface area contributed by atoms with Crippen molar-refractivity contribution in [2.45, 2.75) is 77.5 Å². The average Bonchev–Trinajstić information content (AvgIpc) is 3.00. The van der Waals surface area contributed by atoms with Crippen LogP contribution < -0.4 is 9.47 Å². The predicted molar refractivity (Wildman–Crippen MR) is 127 cm³/mol. The molecular formula is C26H12F20O2Te2. The summed E-state index contributed by atoms with van der Waals surface area (Å²) >= 11 is -6.23. The van der Waals surface area contributed by atoms with Crippen LogP contribution in [0.25, 0.3) is 0 Å². The fourth-order valence-corrected chi connectivity index (χ4v) is 17.0. The molecule has 2 aromatic rings. The number of rotatable bonds is 4. The fourth-order valence-electron chi connectivity index (χ4n) is 5.61. The molecule has 0 spiro atoms. The molecule has 3 fully saturated rings. The zero-order valence-electron chi connectivity index (χ0n) is 23.1. The molecule has 0 N–H and O–H groups in total. The van der Waals surface area contributed by atoms with E-state index < -0.39 is 188 Å². The monoisotopic (exact) mass is 996 g/mol. The minimum absolute atomic E-state index is 2.33. The van der Waals surface area contributed by atoms with E-state index in [1.54, 1.807) is 0 Å². The van der Waals surface area contributed by atoms with Crippen LogP contribution in [0.2, 0.25) is 15.9 Å². The molecule has 0 radical (unpaired) electrons. The summed E-state index contributed by atoms with van der Waals surface area (Å²) in [5, 5.41) is 0. The van der Waals surface area contributed by atoms with Crippen LogP contribution in [0.4, 0.5) is 87.8 Å². The number of hydrogen-bond acceptors (Lipinski definition) is 2.